The van der Waals surface area contributed by atoms with Crippen LogP contribution in [0.15, 0.2) is 42.5 Å². The number of carbonyl (C=O) groups excluding carboxylic acids is 3. The molecule has 2 atom stereocenters. The van der Waals surface area contributed by atoms with E-state index < -0.39 is 23.8 Å². The Labute approximate surface area is 181 Å². The molecule has 10 heteroatoms. The van der Waals surface area contributed by atoms with E-state index in [4.69, 9.17) is 0 Å². The van der Waals surface area contributed by atoms with Crippen LogP contribution in [0, 0.1) is 0 Å². The number of hydrogen-bond acceptors (Lipinski definition) is 4. The first kappa shape index (κ1) is 21.7. The first-order chi connectivity index (χ1) is 15.0. The molecule has 1 fully saturated rings. The SMILES string of the molecule is CC1(CC(=O)NC2Cc3ccc(-c4cccc(OC(F)(F)F)c4)cc3C2)NC(=O)NC1=O. The van der Waals surface area contributed by atoms with Crippen molar-refractivity contribution in [2.45, 2.75) is 44.1 Å². The molecule has 168 valence electrons. The van der Waals surface area contributed by atoms with Crippen LogP contribution in [0.2, 0.25) is 0 Å². The largest absolute Gasteiger partial charge is 0.573 e. The van der Waals surface area contributed by atoms with Crippen molar-refractivity contribution >= 4 is 17.8 Å². The second-order valence-electron chi connectivity index (χ2n) is 8.15. The molecule has 1 aliphatic carbocycles. The van der Waals surface area contributed by atoms with Gasteiger partial charge in [0.05, 0.1) is 6.42 Å². The van der Waals surface area contributed by atoms with Gasteiger partial charge in [-0.2, -0.15) is 0 Å². The molecule has 4 amide bonds. The fraction of sp³-hybridized carbons (Fsp3) is 0.318. The fourth-order valence-corrected chi connectivity index (χ4v) is 4.08. The highest BCUT2D eigenvalue weighted by Gasteiger charge is 2.43. The Morgan fingerprint density at radius 1 is 1.12 bits per heavy atom. The van der Waals surface area contributed by atoms with Crippen LogP contribution >= 0.6 is 0 Å². The van der Waals surface area contributed by atoms with Gasteiger partial charge in [0.2, 0.25) is 5.91 Å². The van der Waals surface area contributed by atoms with E-state index in [-0.39, 0.29) is 24.1 Å². The van der Waals surface area contributed by atoms with Crippen LogP contribution in [0.5, 0.6) is 5.75 Å². The van der Waals surface area contributed by atoms with E-state index in [2.05, 4.69) is 20.7 Å². The standard InChI is InChI=1S/C22H20F3N3O4/c1-21(19(30)27-20(31)28-21)11-18(29)26-16-8-14-6-5-13(7-15(14)9-16)12-3-2-4-17(10-12)32-22(23,24)25/h2-7,10,16H,8-9,11H2,1H3,(H,26,29)(H2,27,28,30,31). The minimum Gasteiger partial charge on any atom is -0.406 e. The summed E-state index contributed by atoms with van der Waals surface area (Å²) in [5, 5.41) is 7.47. The smallest absolute Gasteiger partial charge is 0.406 e. The number of carbonyl (C=O) groups is 3. The van der Waals surface area contributed by atoms with Gasteiger partial charge in [0.15, 0.2) is 0 Å². The predicted octanol–water partition coefficient (Wildman–Crippen LogP) is 2.82. The molecule has 0 aromatic heterocycles. The number of alkyl halides is 3. The maximum absolute atomic E-state index is 12.5. The number of hydrogen-bond donors (Lipinski definition) is 3. The number of ether oxygens (including phenoxy) is 1. The van der Waals surface area contributed by atoms with E-state index >= 15 is 0 Å². The van der Waals surface area contributed by atoms with Gasteiger partial charge in [0, 0.05) is 6.04 Å². The van der Waals surface area contributed by atoms with Gasteiger partial charge in [0.25, 0.3) is 5.91 Å². The van der Waals surface area contributed by atoms with Crippen molar-refractivity contribution in [3.8, 4) is 16.9 Å². The summed E-state index contributed by atoms with van der Waals surface area (Å²) in [5.74, 6) is -1.20. The van der Waals surface area contributed by atoms with Crippen LogP contribution in [-0.2, 0) is 22.4 Å². The zero-order chi connectivity index (χ0) is 23.1. The molecule has 2 unspecified atom stereocenters. The molecule has 0 radical (unpaired) electrons. The molecule has 1 heterocycles. The third kappa shape index (κ3) is 4.68. The molecule has 2 aromatic carbocycles. The third-order valence-corrected chi connectivity index (χ3v) is 5.54. The van der Waals surface area contributed by atoms with Crippen molar-refractivity contribution < 1.29 is 32.3 Å². The molecule has 0 bridgehead atoms. The summed E-state index contributed by atoms with van der Waals surface area (Å²) in [6.45, 7) is 1.49. The third-order valence-electron chi connectivity index (χ3n) is 5.54. The Bertz CT molecular complexity index is 1100. The molecule has 2 aliphatic rings. The summed E-state index contributed by atoms with van der Waals surface area (Å²) in [7, 11) is 0. The van der Waals surface area contributed by atoms with Gasteiger partial charge in [-0.3, -0.25) is 14.9 Å². The number of halogens is 3. The quantitative estimate of drug-likeness (QED) is 0.615. The summed E-state index contributed by atoms with van der Waals surface area (Å²) in [5.41, 5.74) is 2.04. The highest BCUT2D eigenvalue weighted by molar-refractivity contribution is 6.08. The van der Waals surface area contributed by atoms with Gasteiger partial charge in [0.1, 0.15) is 11.3 Å². The highest BCUT2D eigenvalue weighted by Crippen LogP contribution is 2.31. The Morgan fingerprint density at radius 2 is 1.84 bits per heavy atom. The maximum atomic E-state index is 12.5. The number of nitrogens with one attached hydrogen (secondary N) is 3. The lowest BCUT2D eigenvalue weighted by molar-refractivity contribution is -0.274. The van der Waals surface area contributed by atoms with Crippen molar-refractivity contribution in [2.75, 3.05) is 0 Å². The molecule has 1 saturated heterocycles. The second-order valence-corrected chi connectivity index (χ2v) is 8.15. The molecule has 3 N–H and O–H groups in total. The van der Waals surface area contributed by atoms with Crippen LogP contribution in [0.4, 0.5) is 18.0 Å². The van der Waals surface area contributed by atoms with Crippen LogP contribution < -0.4 is 20.7 Å². The zero-order valence-electron chi connectivity index (χ0n) is 17.0. The Balaban J connectivity index is 1.42. The highest BCUT2D eigenvalue weighted by atomic mass is 19.4. The second kappa shape index (κ2) is 7.85. The van der Waals surface area contributed by atoms with Crippen molar-refractivity contribution in [3.63, 3.8) is 0 Å². The van der Waals surface area contributed by atoms with E-state index in [9.17, 15) is 27.6 Å². The summed E-state index contributed by atoms with van der Waals surface area (Å²) >= 11 is 0. The molecule has 7 nitrogen and oxygen atoms in total. The number of imide groups is 1. The van der Waals surface area contributed by atoms with Gasteiger partial charge < -0.3 is 15.4 Å². The number of fused-ring (bicyclic) bond motifs is 1. The number of benzene rings is 2. The van der Waals surface area contributed by atoms with Gasteiger partial charge in [-0.1, -0.05) is 30.3 Å². The average Bonchev–Trinajstić information content (AvgIpc) is 3.18. The molecular formula is C22H20F3N3O4. The lowest BCUT2D eigenvalue weighted by atomic mass is 9.97. The fourth-order valence-electron chi connectivity index (χ4n) is 4.08. The average molecular weight is 447 g/mol. The minimum absolute atomic E-state index is 0.184. The number of amides is 4. The lowest BCUT2D eigenvalue weighted by Gasteiger charge is -2.21. The van der Waals surface area contributed by atoms with Crippen LogP contribution in [0.3, 0.4) is 0 Å². The van der Waals surface area contributed by atoms with Crippen LogP contribution in [-0.4, -0.2) is 35.8 Å². The molecule has 0 saturated carbocycles. The van der Waals surface area contributed by atoms with E-state index in [0.717, 1.165) is 16.7 Å². The Kier molecular flexibility index (Phi) is 5.31. The van der Waals surface area contributed by atoms with Crippen molar-refractivity contribution in [2.24, 2.45) is 0 Å². The van der Waals surface area contributed by atoms with Crippen molar-refractivity contribution in [3.05, 3.63) is 53.6 Å². The number of urea groups is 1. The first-order valence-electron chi connectivity index (χ1n) is 9.92. The molecule has 32 heavy (non-hydrogen) atoms. The Morgan fingerprint density at radius 3 is 2.53 bits per heavy atom. The molecule has 4 rings (SSSR count). The van der Waals surface area contributed by atoms with Gasteiger partial charge in [-0.15, -0.1) is 13.2 Å². The normalized spacial score (nSPS) is 22.2. The van der Waals surface area contributed by atoms with Crippen molar-refractivity contribution in [1.82, 2.24) is 16.0 Å². The van der Waals surface area contributed by atoms with Gasteiger partial charge in [-0.25, -0.2) is 4.79 Å². The molecule has 2 aromatic rings. The summed E-state index contributed by atoms with van der Waals surface area (Å²) in [6.07, 6.45) is -3.81. The monoisotopic (exact) mass is 447 g/mol. The van der Waals surface area contributed by atoms with Crippen molar-refractivity contribution in [1.29, 1.82) is 0 Å². The molecule has 0 spiro atoms. The van der Waals surface area contributed by atoms with E-state index in [1.54, 1.807) is 6.07 Å². The van der Waals surface area contributed by atoms with E-state index in [1.807, 2.05) is 18.2 Å². The summed E-state index contributed by atoms with van der Waals surface area (Å²) in [6, 6.07) is 10.5. The predicted molar refractivity (Wildman–Crippen MR) is 108 cm³/mol. The van der Waals surface area contributed by atoms with Crippen LogP contribution in [0.25, 0.3) is 11.1 Å². The topological polar surface area (TPSA) is 96.5 Å². The first-order valence-corrected chi connectivity index (χ1v) is 9.92. The van der Waals surface area contributed by atoms with Gasteiger partial charge in [-0.05, 0) is 54.2 Å². The lowest BCUT2D eigenvalue weighted by Crippen LogP contribution is -2.49. The maximum Gasteiger partial charge on any atom is 0.573 e. The summed E-state index contributed by atoms with van der Waals surface area (Å²) < 4.78 is 41.5. The zero-order valence-corrected chi connectivity index (χ0v) is 17.0. The Hall–Kier alpha value is -3.56. The van der Waals surface area contributed by atoms with E-state index in [0.29, 0.717) is 18.4 Å². The van der Waals surface area contributed by atoms with Crippen LogP contribution in [0.1, 0.15) is 24.5 Å². The molecule has 1 aliphatic heterocycles. The molecular weight excluding hydrogens is 427 g/mol. The summed E-state index contributed by atoms with van der Waals surface area (Å²) in [4.78, 5) is 35.7. The van der Waals surface area contributed by atoms with E-state index in [1.165, 1.54) is 25.1 Å². The number of rotatable bonds is 5. The minimum atomic E-state index is -4.76. The van der Waals surface area contributed by atoms with Gasteiger partial charge >= 0.3 is 12.4 Å².